The van der Waals surface area contributed by atoms with Gasteiger partial charge in [-0.2, -0.15) is 5.10 Å². The van der Waals surface area contributed by atoms with Crippen LogP contribution in [0.5, 0.6) is 0 Å². The van der Waals surface area contributed by atoms with E-state index in [1.165, 1.54) is 12.7 Å². The highest BCUT2D eigenvalue weighted by molar-refractivity contribution is 5.89. The van der Waals surface area contributed by atoms with Crippen LogP contribution in [0.25, 0.3) is 17.1 Å². The van der Waals surface area contributed by atoms with Gasteiger partial charge in [-0.05, 0) is 44.0 Å². The average Bonchev–Trinajstić information content (AvgIpc) is 3.44. The lowest BCUT2D eigenvalue weighted by Crippen LogP contribution is -2.02. The predicted octanol–water partition coefficient (Wildman–Crippen LogP) is 3.32. The summed E-state index contributed by atoms with van der Waals surface area (Å²) in [5, 5.41) is 15.7. The number of carbonyl (C=O) groups is 1. The Hall–Kier alpha value is -3.81. The summed E-state index contributed by atoms with van der Waals surface area (Å²) in [6.07, 6.45) is 4.33. The second kappa shape index (κ2) is 8.69. The maximum absolute atomic E-state index is 11.5. The van der Waals surface area contributed by atoms with Gasteiger partial charge in [0, 0.05) is 12.0 Å². The van der Waals surface area contributed by atoms with Gasteiger partial charge in [-0.1, -0.05) is 35.0 Å². The van der Waals surface area contributed by atoms with Crippen molar-refractivity contribution in [1.82, 2.24) is 30.2 Å². The van der Waals surface area contributed by atoms with Crippen molar-refractivity contribution in [1.29, 1.82) is 0 Å². The van der Waals surface area contributed by atoms with Crippen molar-refractivity contribution >= 4 is 5.97 Å². The smallest absolute Gasteiger partial charge is 0.337 e. The predicted molar refractivity (Wildman–Crippen MR) is 111 cm³/mol. The van der Waals surface area contributed by atoms with Gasteiger partial charge in [0.1, 0.15) is 5.82 Å². The number of aromatic nitrogens is 6. The topological polar surface area (TPSA) is 98.6 Å². The molecule has 0 aliphatic carbocycles. The van der Waals surface area contributed by atoms with Crippen molar-refractivity contribution in [3.63, 3.8) is 0 Å². The molecule has 8 heteroatoms. The molecule has 0 radical (unpaired) electrons. The number of nitrogens with zero attached hydrogens (tertiary/aromatic N) is 5. The van der Waals surface area contributed by atoms with Crippen LogP contribution in [0.4, 0.5) is 0 Å². The fourth-order valence-electron chi connectivity index (χ4n) is 3.08. The Bertz CT molecular complexity index is 1130. The molecule has 1 N–H and O–H groups in total. The van der Waals surface area contributed by atoms with E-state index in [0.717, 1.165) is 42.0 Å². The van der Waals surface area contributed by atoms with Crippen LogP contribution in [0.1, 0.15) is 33.9 Å². The van der Waals surface area contributed by atoms with Crippen molar-refractivity contribution in [2.75, 3.05) is 7.11 Å². The van der Waals surface area contributed by atoms with Crippen LogP contribution in [-0.4, -0.2) is 43.3 Å². The molecule has 0 spiro atoms. The number of methoxy groups -OCH3 is 1. The van der Waals surface area contributed by atoms with Crippen molar-refractivity contribution in [2.24, 2.45) is 0 Å². The van der Waals surface area contributed by atoms with E-state index in [-0.39, 0.29) is 5.97 Å². The van der Waals surface area contributed by atoms with Crippen molar-refractivity contribution in [3.8, 4) is 17.1 Å². The Labute approximate surface area is 173 Å². The standard InChI is InChI=1S/C22H22N6O2/c1-15-6-8-16(9-7-15)21-23-20(25-26-21)5-3-4-18-14-28(27-24-18)19-12-10-17(11-13-19)22(29)30-2/h6-14H,3-5H2,1-2H3,(H,23,25,26). The summed E-state index contributed by atoms with van der Waals surface area (Å²) in [5.74, 6) is 1.21. The number of hydrogen-bond acceptors (Lipinski definition) is 6. The minimum Gasteiger partial charge on any atom is -0.465 e. The van der Waals surface area contributed by atoms with Crippen molar-refractivity contribution in [2.45, 2.75) is 26.2 Å². The molecule has 0 saturated carbocycles. The molecular weight excluding hydrogens is 380 g/mol. The summed E-state index contributed by atoms with van der Waals surface area (Å²) in [6.45, 7) is 2.06. The van der Waals surface area contributed by atoms with Gasteiger partial charge in [0.05, 0.1) is 30.3 Å². The number of hydrogen-bond donors (Lipinski definition) is 1. The normalized spacial score (nSPS) is 10.9. The molecule has 0 unspecified atom stereocenters. The van der Waals surface area contributed by atoms with Gasteiger partial charge in [0.15, 0.2) is 5.82 Å². The number of H-pyrrole nitrogens is 1. The summed E-state index contributed by atoms with van der Waals surface area (Å²) >= 11 is 0. The number of benzene rings is 2. The zero-order valence-corrected chi connectivity index (χ0v) is 16.9. The third-order valence-electron chi connectivity index (χ3n) is 4.78. The van der Waals surface area contributed by atoms with E-state index < -0.39 is 0 Å². The first-order valence-corrected chi connectivity index (χ1v) is 9.70. The van der Waals surface area contributed by atoms with Crippen LogP contribution in [0.3, 0.4) is 0 Å². The molecule has 4 aromatic rings. The fourth-order valence-corrected chi connectivity index (χ4v) is 3.08. The minimum atomic E-state index is -0.362. The van der Waals surface area contributed by atoms with Gasteiger partial charge in [0.2, 0.25) is 0 Å². The van der Waals surface area contributed by atoms with E-state index in [0.29, 0.717) is 11.4 Å². The highest BCUT2D eigenvalue weighted by Gasteiger charge is 2.09. The number of aromatic amines is 1. The molecule has 4 rings (SSSR count). The molecule has 0 aliphatic heterocycles. The van der Waals surface area contributed by atoms with E-state index in [1.54, 1.807) is 16.8 Å². The van der Waals surface area contributed by atoms with Crippen LogP contribution in [0.15, 0.2) is 54.7 Å². The maximum Gasteiger partial charge on any atom is 0.337 e. The zero-order chi connectivity index (χ0) is 20.9. The highest BCUT2D eigenvalue weighted by Crippen LogP contribution is 2.16. The molecule has 0 atom stereocenters. The van der Waals surface area contributed by atoms with Crippen LogP contribution < -0.4 is 0 Å². The Morgan fingerprint density at radius 2 is 1.83 bits per heavy atom. The lowest BCUT2D eigenvalue weighted by atomic mass is 10.1. The van der Waals surface area contributed by atoms with Gasteiger partial charge >= 0.3 is 5.97 Å². The Morgan fingerprint density at radius 3 is 2.57 bits per heavy atom. The van der Waals surface area contributed by atoms with Gasteiger partial charge in [-0.3, -0.25) is 5.10 Å². The van der Waals surface area contributed by atoms with Crippen LogP contribution in [0, 0.1) is 6.92 Å². The Balaban J connectivity index is 1.33. The number of esters is 1. The second-order valence-corrected chi connectivity index (χ2v) is 7.02. The van der Waals surface area contributed by atoms with Crippen molar-refractivity contribution < 1.29 is 9.53 Å². The van der Waals surface area contributed by atoms with Gasteiger partial charge in [0.25, 0.3) is 0 Å². The molecular formula is C22H22N6O2. The third kappa shape index (κ3) is 4.43. The summed E-state index contributed by atoms with van der Waals surface area (Å²) in [4.78, 5) is 16.1. The molecule has 2 aromatic heterocycles. The summed E-state index contributed by atoms with van der Waals surface area (Å²) in [6, 6.07) is 15.2. The average molecular weight is 402 g/mol. The van der Waals surface area contributed by atoms with E-state index in [2.05, 4.69) is 44.5 Å². The van der Waals surface area contributed by atoms with E-state index in [1.807, 2.05) is 30.5 Å². The molecule has 0 fully saturated rings. The van der Waals surface area contributed by atoms with Gasteiger partial charge in [-0.15, -0.1) is 5.10 Å². The van der Waals surface area contributed by atoms with Gasteiger partial charge in [-0.25, -0.2) is 14.5 Å². The zero-order valence-electron chi connectivity index (χ0n) is 16.9. The molecule has 0 amide bonds. The van der Waals surface area contributed by atoms with Crippen LogP contribution in [-0.2, 0) is 17.6 Å². The first-order chi connectivity index (χ1) is 14.6. The fraction of sp³-hybridized carbons (Fsp3) is 0.227. The van der Waals surface area contributed by atoms with Gasteiger partial charge < -0.3 is 4.74 Å². The molecule has 30 heavy (non-hydrogen) atoms. The number of rotatable bonds is 7. The third-order valence-corrected chi connectivity index (χ3v) is 4.78. The Kier molecular flexibility index (Phi) is 5.65. The summed E-state index contributed by atoms with van der Waals surface area (Å²) in [7, 11) is 1.36. The molecule has 8 nitrogen and oxygen atoms in total. The highest BCUT2D eigenvalue weighted by atomic mass is 16.5. The quantitative estimate of drug-likeness (QED) is 0.476. The SMILES string of the molecule is COC(=O)c1ccc(-n2cc(CCCc3nc(-c4ccc(C)cc4)n[nH]3)nn2)cc1. The van der Waals surface area contributed by atoms with E-state index >= 15 is 0 Å². The lowest BCUT2D eigenvalue weighted by molar-refractivity contribution is 0.0600. The Morgan fingerprint density at radius 1 is 1.07 bits per heavy atom. The van der Waals surface area contributed by atoms with Crippen LogP contribution >= 0.6 is 0 Å². The monoisotopic (exact) mass is 402 g/mol. The number of aryl methyl sites for hydroxylation is 3. The molecule has 2 aromatic carbocycles. The number of nitrogens with one attached hydrogen (secondary N) is 1. The maximum atomic E-state index is 11.5. The lowest BCUT2D eigenvalue weighted by Gasteiger charge is -2.02. The van der Waals surface area contributed by atoms with E-state index in [4.69, 9.17) is 4.74 Å². The molecule has 2 heterocycles. The first-order valence-electron chi connectivity index (χ1n) is 9.70. The van der Waals surface area contributed by atoms with Crippen LogP contribution in [0.2, 0.25) is 0 Å². The minimum absolute atomic E-state index is 0.362. The first kappa shape index (κ1) is 19.5. The number of ether oxygens (including phenoxy) is 1. The summed E-state index contributed by atoms with van der Waals surface area (Å²) in [5.41, 5.74) is 4.44. The molecule has 152 valence electrons. The van der Waals surface area contributed by atoms with E-state index in [9.17, 15) is 4.79 Å². The molecule has 0 saturated heterocycles. The second-order valence-electron chi connectivity index (χ2n) is 7.02. The molecule has 0 aliphatic rings. The number of carbonyl (C=O) groups excluding carboxylic acids is 1. The summed E-state index contributed by atoms with van der Waals surface area (Å²) < 4.78 is 6.41. The van der Waals surface area contributed by atoms with Crippen molar-refractivity contribution in [3.05, 3.63) is 77.4 Å². The largest absolute Gasteiger partial charge is 0.465 e. The molecule has 0 bridgehead atoms.